The van der Waals surface area contributed by atoms with E-state index in [-0.39, 0.29) is 0 Å². The van der Waals surface area contributed by atoms with Crippen LogP contribution in [0.1, 0.15) is 25.0 Å². The molecule has 0 aliphatic heterocycles. The van der Waals surface area contributed by atoms with Crippen molar-refractivity contribution in [2.75, 3.05) is 0 Å². The smallest absolute Gasteiger partial charge is 0.0425 e. The lowest BCUT2D eigenvalue weighted by molar-refractivity contribution is 0.448. The zero-order valence-corrected chi connectivity index (χ0v) is 10.7. The first-order chi connectivity index (χ1) is 8.34. The summed E-state index contributed by atoms with van der Waals surface area (Å²) < 4.78 is 0. The normalized spacial score (nSPS) is 43.5. The van der Waals surface area contributed by atoms with Gasteiger partial charge in [0.05, 0.1) is 0 Å². The van der Waals surface area contributed by atoms with Crippen molar-refractivity contribution >= 4 is 11.6 Å². The van der Waals surface area contributed by atoms with Crippen LogP contribution in [-0.4, -0.2) is 10.4 Å². The second-order valence-corrected chi connectivity index (χ2v) is 6.67. The molecule has 2 bridgehead atoms. The molecule has 4 rings (SSSR count). The molecule has 0 spiro atoms. The Balaban J connectivity index is 1.44. The average molecular weight is 248 g/mol. The molecule has 0 N–H and O–H groups in total. The summed E-state index contributed by atoms with van der Waals surface area (Å²) in [7, 11) is 0. The molecule has 0 amide bonds. The Bertz CT molecular complexity index is 402. The summed E-state index contributed by atoms with van der Waals surface area (Å²) in [6, 6.07) is 6.13. The van der Waals surface area contributed by atoms with Gasteiger partial charge in [0, 0.05) is 23.7 Å². The number of pyridine rings is 1. The quantitative estimate of drug-likeness (QED) is 0.745. The number of fused-ring (bicyclic) bond motifs is 5. The molecule has 1 nitrogen and oxygen atoms in total. The lowest BCUT2D eigenvalue weighted by Crippen LogP contribution is -2.13. The van der Waals surface area contributed by atoms with Crippen molar-refractivity contribution in [1.82, 2.24) is 4.98 Å². The third-order valence-electron chi connectivity index (χ3n) is 5.34. The Kier molecular flexibility index (Phi) is 2.27. The fraction of sp³-hybridized carbons (Fsp3) is 0.667. The van der Waals surface area contributed by atoms with Crippen LogP contribution >= 0.6 is 11.6 Å². The Labute approximate surface area is 108 Å². The van der Waals surface area contributed by atoms with Crippen molar-refractivity contribution in [3.63, 3.8) is 0 Å². The van der Waals surface area contributed by atoms with Gasteiger partial charge in [-0.25, -0.2) is 0 Å². The molecule has 1 aromatic rings. The number of halogens is 1. The van der Waals surface area contributed by atoms with Gasteiger partial charge < -0.3 is 0 Å². The molecule has 0 aromatic carbocycles. The number of aromatic nitrogens is 1. The number of alkyl halides is 1. The highest BCUT2D eigenvalue weighted by Crippen LogP contribution is 2.71. The molecule has 1 heterocycles. The van der Waals surface area contributed by atoms with Crippen molar-refractivity contribution in [2.24, 2.45) is 29.6 Å². The molecule has 0 saturated heterocycles. The maximum absolute atomic E-state index is 6.63. The highest BCUT2D eigenvalue weighted by Gasteiger charge is 2.66. The van der Waals surface area contributed by atoms with Gasteiger partial charge >= 0.3 is 0 Å². The molecule has 3 aliphatic rings. The second kappa shape index (κ2) is 3.71. The largest absolute Gasteiger partial charge is 0.261 e. The topological polar surface area (TPSA) is 12.9 Å². The van der Waals surface area contributed by atoms with Crippen molar-refractivity contribution in [2.45, 2.75) is 31.1 Å². The van der Waals surface area contributed by atoms with Crippen LogP contribution in [0.4, 0.5) is 0 Å². The van der Waals surface area contributed by atoms with E-state index in [1.807, 2.05) is 12.3 Å². The van der Waals surface area contributed by atoms with E-state index >= 15 is 0 Å². The summed E-state index contributed by atoms with van der Waals surface area (Å²) in [6.07, 6.45) is 7.31. The van der Waals surface area contributed by atoms with Crippen molar-refractivity contribution < 1.29 is 0 Å². The lowest BCUT2D eigenvalue weighted by Gasteiger charge is -2.13. The molecule has 3 aliphatic carbocycles. The Morgan fingerprint density at radius 3 is 2.65 bits per heavy atom. The van der Waals surface area contributed by atoms with Crippen LogP contribution in [-0.2, 0) is 6.42 Å². The van der Waals surface area contributed by atoms with Gasteiger partial charge in [0.2, 0.25) is 0 Å². The zero-order valence-electron chi connectivity index (χ0n) is 9.93. The van der Waals surface area contributed by atoms with E-state index in [9.17, 15) is 0 Å². The predicted octanol–water partition coefficient (Wildman–Crippen LogP) is 3.52. The standard InChI is InChI=1S/C15H18ClN/c16-12(8-11-3-1-2-6-17-11)15-13-9-4-5-10(7-9)14(13)15/h1-3,6,9-10,12-15H,4-5,7-8H2. The third-order valence-corrected chi connectivity index (χ3v) is 5.79. The van der Waals surface area contributed by atoms with Gasteiger partial charge in [-0.3, -0.25) is 4.98 Å². The lowest BCUT2D eigenvalue weighted by atomic mass is 9.98. The van der Waals surface area contributed by atoms with Crippen LogP contribution in [0.2, 0.25) is 0 Å². The minimum absolute atomic E-state index is 0.322. The Hall–Kier alpha value is -0.560. The first-order valence-electron chi connectivity index (χ1n) is 6.88. The van der Waals surface area contributed by atoms with Gasteiger partial charge in [-0.15, -0.1) is 11.6 Å². The van der Waals surface area contributed by atoms with Gasteiger partial charge in [-0.2, -0.15) is 0 Å². The van der Waals surface area contributed by atoms with Gasteiger partial charge in [0.1, 0.15) is 0 Å². The number of hydrogen-bond acceptors (Lipinski definition) is 1. The van der Waals surface area contributed by atoms with E-state index in [2.05, 4.69) is 17.1 Å². The predicted molar refractivity (Wildman–Crippen MR) is 68.9 cm³/mol. The highest BCUT2D eigenvalue weighted by molar-refractivity contribution is 6.21. The zero-order chi connectivity index (χ0) is 11.4. The fourth-order valence-electron chi connectivity index (χ4n) is 4.73. The van der Waals surface area contributed by atoms with Crippen LogP contribution in [0.25, 0.3) is 0 Å². The Morgan fingerprint density at radius 2 is 2.00 bits per heavy atom. The first kappa shape index (κ1) is 10.4. The first-order valence-corrected chi connectivity index (χ1v) is 7.32. The van der Waals surface area contributed by atoms with E-state index in [0.717, 1.165) is 41.7 Å². The maximum Gasteiger partial charge on any atom is 0.0425 e. The molecule has 3 saturated carbocycles. The SMILES string of the molecule is ClC(Cc1ccccn1)C1C2C3CCC(C3)C12. The van der Waals surface area contributed by atoms with E-state index in [4.69, 9.17) is 11.6 Å². The second-order valence-electron chi connectivity index (χ2n) is 6.11. The summed E-state index contributed by atoms with van der Waals surface area (Å²) in [4.78, 5) is 4.39. The third kappa shape index (κ3) is 1.55. The summed E-state index contributed by atoms with van der Waals surface area (Å²) in [6.45, 7) is 0. The average Bonchev–Trinajstić information content (AvgIpc) is 2.80. The van der Waals surface area contributed by atoms with E-state index in [1.54, 1.807) is 0 Å². The number of rotatable bonds is 3. The van der Waals surface area contributed by atoms with Crippen LogP contribution in [0.3, 0.4) is 0 Å². The van der Waals surface area contributed by atoms with Crippen LogP contribution in [0.5, 0.6) is 0 Å². The van der Waals surface area contributed by atoms with Crippen LogP contribution in [0, 0.1) is 29.6 Å². The highest BCUT2D eigenvalue weighted by atomic mass is 35.5. The van der Waals surface area contributed by atoms with E-state index in [0.29, 0.717) is 5.38 Å². The molecule has 0 radical (unpaired) electrons. The molecule has 1 aromatic heterocycles. The van der Waals surface area contributed by atoms with E-state index < -0.39 is 0 Å². The monoisotopic (exact) mass is 247 g/mol. The number of nitrogens with zero attached hydrogens (tertiary/aromatic N) is 1. The Morgan fingerprint density at radius 1 is 1.24 bits per heavy atom. The fourth-order valence-corrected chi connectivity index (χ4v) is 5.22. The molecule has 90 valence electrons. The van der Waals surface area contributed by atoms with Crippen LogP contribution < -0.4 is 0 Å². The summed E-state index contributed by atoms with van der Waals surface area (Å²) in [5, 5.41) is 0.322. The summed E-state index contributed by atoms with van der Waals surface area (Å²) in [5.41, 5.74) is 1.16. The molecular formula is C15H18ClN. The molecule has 5 atom stereocenters. The van der Waals surface area contributed by atoms with E-state index in [1.165, 1.54) is 19.3 Å². The van der Waals surface area contributed by atoms with Gasteiger partial charge in [0.15, 0.2) is 0 Å². The molecule has 2 heteroatoms. The van der Waals surface area contributed by atoms with Crippen molar-refractivity contribution in [3.05, 3.63) is 30.1 Å². The van der Waals surface area contributed by atoms with Gasteiger partial charge in [-0.1, -0.05) is 6.07 Å². The molecule has 5 unspecified atom stereocenters. The molecule has 3 fully saturated rings. The van der Waals surface area contributed by atoms with Gasteiger partial charge in [0.25, 0.3) is 0 Å². The minimum atomic E-state index is 0.322. The van der Waals surface area contributed by atoms with Crippen molar-refractivity contribution in [3.8, 4) is 0 Å². The van der Waals surface area contributed by atoms with Gasteiger partial charge in [-0.05, 0) is 61.0 Å². The maximum atomic E-state index is 6.63. The number of hydrogen-bond donors (Lipinski definition) is 0. The van der Waals surface area contributed by atoms with Crippen LogP contribution in [0.15, 0.2) is 24.4 Å². The summed E-state index contributed by atoms with van der Waals surface area (Å²) >= 11 is 6.63. The molecule has 17 heavy (non-hydrogen) atoms. The van der Waals surface area contributed by atoms with Crippen molar-refractivity contribution in [1.29, 1.82) is 0 Å². The summed E-state index contributed by atoms with van der Waals surface area (Å²) in [5.74, 6) is 4.84. The minimum Gasteiger partial charge on any atom is -0.261 e. The molecular weight excluding hydrogens is 230 g/mol.